The number of methoxy groups -OCH3 is 1. The molecule has 2 atom stereocenters. The van der Waals surface area contributed by atoms with Crippen molar-refractivity contribution < 1.29 is 51.4 Å². The molecule has 4 aromatic rings. The van der Waals surface area contributed by atoms with Crippen LogP contribution in [0.4, 0.5) is 30.4 Å². The van der Waals surface area contributed by atoms with Crippen molar-refractivity contribution in [2.45, 2.75) is 108 Å². The van der Waals surface area contributed by atoms with Crippen molar-refractivity contribution in [3.8, 4) is 11.5 Å². The van der Waals surface area contributed by atoms with Crippen molar-refractivity contribution in [3.05, 3.63) is 76.6 Å². The molecule has 8 rings (SSSR count). The van der Waals surface area contributed by atoms with Gasteiger partial charge in [0.2, 0.25) is 17.7 Å². The van der Waals surface area contributed by atoms with Gasteiger partial charge >= 0.3 is 6.18 Å². The number of nitrogens with one attached hydrogen (secondary N) is 3. The van der Waals surface area contributed by atoms with Crippen LogP contribution in [0.15, 0.2) is 48.5 Å². The average molecular weight is 929 g/mol. The van der Waals surface area contributed by atoms with Crippen LogP contribution in [0.2, 0.25) is 0 Å². The summed E-state index contributed by atoms with van der Waals surface area (Å²) in [5, 5.41) is 9.51. The lowest BCUT2D eigenvalue weighted by atomic mass is 9.92. The minimum atomic E-state index is -4.55. The van der Waals surface area contributed by atoms with Crippen LogP contribution in [0, 0.1) is 12.3 Å². The van der Waals surface area contributed by atoms with E-state index in [9.17, 15) is 37.1 Å². The van der Waals surface area contributed by atoms with Gasteiger partial charge in [-0.25, -0.2) is 9.97 Å². The van der Waals surface area contributed by atoms with Crippen LogP contribution in [0.1, 0.15) is 115 Å². The molecule has 0 bridgehead atoms. The molecule has 16 nitrogen and oxygen atoms in total. The number of amides is 5. The summed E-state index contributed by atoms with van der Waals surface area (Å²) >= 11 is 0. The van der Waals surface area contributed by atoms with Crippen molar-refractivity contribution >= 4 is 57.6 Å². The highest BCUT2D eigenvalue weighted by atomic mass is 19.4. The minimum Gasteiger partial charge on any atom is -0.493 e. The molecule has 4 aliphatic rings. The number of nitrogens with zero attached hydrogens (tertiary/aromatic N) is 4. The van der Waals surface area contributed by atoms with Crippen molar-refractivity contribution in [2.24, 2.45) is 5.41 Å². The zero-order valence-electron chi connectivity index (χ0n) is 37.9. The number of imide groups is 2. The van der Waals surface area contributed by atoms with Crippen LogP contribution in [-0.2, 0) is 25.3 Å². The largest absolute Gasteiger partial charge is 0.493 e. The predicted octanol–water partition coefficient (Wildman–Crippen LogP) is 6.96. The van der Waals surface area contributed by atoms with Gasteiger partial charge in [-0.1, -0.05) is 6.07 Å². The van der Waals surface area contributed by atoms with Crippen LogP contribution in [0.5, 0.6) is 11.5 Å². The Labute approximate surface area is 385 Å². The van der Waals surface area contributed by atoms with Gasteiger partial charge in [0.1, 0.15) is 17.7 Å². The third kappa shape index (κ3) is 10.4. The lowest BCUT2D eigenvalue weighted by molar-refractivity contribution is -0.138. The monoisotopic (exact) mass is 928 g/mol. The van der Waals surface area contributed by atoms with Gasteiger partial charge in [0.25, 0.3) is 11.8 Å². The third-order valence-corrected chi connectivity index (χ3v) is 13.1. The number of nitrogens with two attached hydrogens (primary N) is 1. The lowest BCUT2D eigenvalue weighted by Crippen LogP contribution is -2.54. The van der Waals surface area contributed by atoms with E-state index < -0.39 is 47.5 Å². The van der Waals surface area contributed by atoms with Gasteiger partial charge in [-0.3, -0.25) is 34.2 Å². The molecule has 1 aromatic heterocycles. The second kappa shape index (κ2) is 19.0. The maximum Gasteiger partial charge on any atom is 0.416 e. The number of alkyl halides is 3. The third-order valence-electron chi connectivity index (χ3n) is 13.1. The Kier molecular flexibility index (Phi) is 13.3. The first kappa shape index (κ1) is 47.0. The number of benzene rings is 3. The lowest BCUT2D eigenvalue weighted by Gasteiger charge is -2.30. The molecule has 5 amide bonds. The van der Waals surface area contributed by atoms with Crippen LogP contribution in [-0.4, -0.2) is 101 Å². The number of aryl methyl sites for hydroxylation is 1. The molecule has 0 spiro atoms. The summed E-state index contributed by atoms with van der Waals surface area (Å²) in [5.41, 5.74) is 6.67. The molecule has 356 valence electrons. The Bertz CT molecular complexity index is 2600. The van der Waals surface area contributed by atoms with Gasteiger partial charge in [0.05, 0.1) is 48.1 Å². The first-order valence-electron chi connectivity index (χ1n) is 22.6. The maximum absolute atomic E-state index is 13.6. The number of ether oxygens (including phenoxy) is 3. The first-order chi connectivity index (χ1) is 31.9. The summed E-state index contributed by atoms with van der Waals surface area (Å²) in [7, 11) is 3.32. The Morgan fingerprint density at radius 2 is 1.78 bits per heavy atom. The second-order valence-electron chi connectivity index (χ2n) is 18.2. The van der Waals surface area contributed by atoms with E-state index in [1.165, 1.54) is 13.2 Å². The number of fused-ring (bicyclic) bond motifs is 2. The number of halogens is 3. The van der Waals surface area contributed by atoms with Crippen molar-refractivity contribution in [3.63, 3.8) is 0 Å². The van der Waals surface area contributed by atoms with Gasteiger partial charge in [-0.15, -0.1) is 0 Å². The van der Waals surface area contributed by atoms with Crippen LogP contribution < -0.4 is 31.2 Å². The summed E-state index contributed by atoms with van der Waals surface area (Å²) in [6.45, 7) is 4.71. The van der Waals surface area contributed by atoms with E-state index in [-0.39, 0.29) is 53.1 Å². The Hall–Kier alpha value is -6.50. The van der Waals surface area contributed by atoms with Crippen LogP contribution in [0.25, 0.3) is 10.9 Å². The molecule has 2 aliphatic carbocycles. The summed E-state index contributed by atoms with van der Waals surface area (Å²) in [6.07, 6.45) is 1.34. The zero-order valence-corrected chi connectivity index (χ0v) is 37.9. The number of nitrogen functional groups attached to an aromatic ring is 1. The molecular weight excluding hydrogens is 874 g/mol. The van der Waals surface area contributed by atoms with E-state index in [1.54, 1.807) is 56.1 Å². The standard InChI is InChI=1S/C48H55F3N8O8/c1-26(28-19-29(48(49,50)51)21-30(52)20-28)53-43-34-22-39(38(65-4)23-36(34)54-27(2)55-43)67-25-47(16-17-47)24-58(3)41(61)9-6-18-66-32-12-10-31(11-13-32)56-35-8-5-7-33-42(35)46(64)59(45(33)63)37-14-15-40(60)57-44(37)62/h5,7-8,19-23,26,31-32,37,56H,6,9-18,24-25,52H2,1-4H3,(H,53,54,55)(H,57,60,62)/t26-,31?,32?,37?/m1/s1. The smallest absolute Gasteiger partial charge is 0.416 e. The quantitative estimate of drug-likeness (QED) is 0.0481. The molecule has 0 radical (unpaired) electrons. The van der Waals surface area contributed by atoms with Crippen molar-refractivity contribution in [1.82, 2.24) is 25.1 Å². The highest BCUT2D eigenvalue weighted by molar-refractivity contribution is 6.25. The van der Waals surface area contributed by atoms with E-state index in [2.05, 4.69) is 25.9 Å². The van der Waals surface area contributed by atoms with Gasteiger partial charge in [-0.05, 0) is 107 Å². The molecule has 3 fully saturated rings. The summed E-state index contributed by atoms with van der Waals surface area (Å²) in [6, 6.07) is 10.4. The van der Waals surface area contributed by atoms with Gasteiger partial charge in [0, 0.05) is 67.3 Å². The number of carbonyl (C=O) groups excluding carboxylic acids is 5. The number of anilines is 3. The topological polar surface area (TPSA) is 207 Å². The van der Waals surface area contributed by atoms with Crippen molar-refractivity contribution in [1.29, 1.82) is 0 Å². The average Bonchev–Trinajstić information content (AvgIpc) is 4.00. The number of piperidine rings is 1. The number of hydrogen-bond acceptors (Lipinski definition) is 13. The van der Waals surface area contributed by atoms with E-state index in [0.717, 1.165) is 55.6 Å². The molecule has 2 saturated carbocycles. The second-order valence-corrected chi connectivity index (χ2v) is 18.2. The molecule has 3 heterocycles. The fourth-order valence-corrected chi connectivity index (χ4v) is 9.25. The molecule has 19 heteroatoms. The Balaban J connectivity index is 0.795. The van der Waals surface area contributed by atoms with E-state index in [0.29, 0.717) is 77.9 Å². The minimum absolute atomic E-state index is 0.00103. The molecule has 3 aromatic carbocycles. The first-order valence-corrected chi connectivity index (χ1v) is 22.6. The molecular formula is C48H55F3N8O8. The molecule has 67 heavy (non-hydrogen) atoms. The van der Waals surface area contributed by atoms with Crippen LogP contribution >= 0.6 is 0 Å². The molecule has 5 N–H and O–H groups in total. The van der Waals surface area contributed by atoms with Crippen LogP contribution in [0.3, 0.4) is 0 Å². The number of carbonyl (C=O) groups is 5. The Morgan fingerprint density at radius 1 is 1.01 bits per heavy atom. The number of aromatic nitrogens is 2. The van der Waals surface area contributed by atoms with E-state index in [4.69, 9.17) is 19.9 Å². The SMILES string of the molecule is COc1cc2nc(C)nc(N[C@H](C)c3cc(N)cc(C(F)(F)F)c3)c2cc1OCC1(CN(C)C(=O)CCCOC2CCC(Nc3cccc4c3C(=O)N(C3CCC(=O)NC3=O)C4=O)CC2)CC1. The maximum atomic E-state index is 13.6. The summed E-state index contributed by atoms with van der Waals surface area (Å²) < 4.78 is 59.0. The Morgan fingerprint density at radius 3 is 2.48 bits per heavy atom. The normalized spacial score (nSPS) is 20.6. The summed E-state index contributed by atoms with van der Waals surface area (Å²) in [4.78, 5) is 76.1. The van der Waals surface area contributed by atoms with Gasteiger partial charge in [-0.2, -0.15) is 13.2 Å². The van der Waals surface area contributed by atoms with Gasteiger partial charge < -0.3 is 35.5 Å². The van der Waals surface area contributed by atoms with E-state index in [1.807, 2.05) is 0 Å². The molecule has 2 aliphatic heterocycles. The number of hydrogen-bond donors (Lipinski definition) is 4. The predicted molar refractivity (Wildman–Crippen MR) is 241 cm³/mol. The highest BCUT2D eigenvalue weighted by Crippen LogP contribution is 2.48. The fraction of sp³-hybridized carbons (Fsp3) is 0.479. The highest BCUT2D eigenvalue weighted by Gasteiger charge is 2.47. The fourth-order valence-electron chi connectivity index (χ4n) is 9.25. The van der Waals surface area contributed by atoms with Gasteiger partial charge in [0.15, 0.2) is 11.5 Å². The van der Waals surface area contributed by atoms with Crippen molar-refractivity contribution in [2.75, 3.05) is 50.3 Å². The number of rotatable bonds is 17. The zero-order chi connectivity index (χ0) is 47.8. The summed E-state index contributed by atoms with van der Waals surface area (Å²) in [5.74, 6) is -0.407. The molecule has 1 unspecified atom stereocenters. The van der Waals surface area contributed by atoms with E-state index >= 15 is 0 Å². The molecule has 1 saturated heterocycles.